The Morgan fingerprint density at radius 3 is 2.54 bits per heavy atom. The number of carbonyl (C=O) groups is 1. The van der Waals surface area contributed by atoms with Crippen LogP contribution in [0.4, 0.5) is 5.69 Å². The van der Waals surface area contributed by atoms with Gasteiger partial charge in [-0.1, -0.05) is 30.8 Å². The fraction of sp³-hybridized carbons (Fsp3) is 0.381. The number of nitrogens with zero attached hydrogens (tertiary/aromatic N) is 2. The van der Waals surface area contributed by atoms with E-state index in [1.54, 1.807) is 4.57 Å². The SMILES string of the molecule is CCc1ccc(NC(=O)[C@@H](C)Sc2nc3sc(C)c(C)c3c(=O)n2CC)cc1. The Labute approximate surface area is 173 Å². The second kappa shape index (κ2) is 8.49. The van der Waals surface area contributed by atoms with E-state index in [0.29, 0.717) is 17.1 Å². The highest BCUT2D eigenvalue weighted by atomic mass is 32.2. The van der Waals surface area contributed by atoms with E-state index in [4.69, 9.17) is 4.98 Å². The van der Waals surface area contributed by atoms with Crippen LogP contribution in [0.3, 0.4) is 0 Å². The number of carbonyl (C=O) groups excluding carboxylic acids is 1. The van der Waals surface area contributed by atoms with Crippen LogP contribution < -0.4 is 10.9 Å². The Balaban J connectivity index is 1.84. The molecule has 28 heavy (non-hydrogen) atoms. The van der Waals surface area contributed by atoms with Crippen LogP contribution >= 0.6 is 23.1 Å². The summed E-state index contributed by atoms with van der Waals surface area (Å²) in [5.41, 5.74) is 2.97. The van der Waals surface area contributed by atoms with Gasteiger partial charge in [0.05, 0.1) is 10.6 Å². The van der Waals surface area contributed by atoms with Crippen LogP contribution in [0.15, 0.2) is 34.2 Å². The topological polar surface area (TPSA) is 64.0 Å². The van der Waals surface area contributed by atoms with E-state index in [-0.39, 0.29) is 16.7 Å². The van der Waals surface area contributed by atoms with E-state index in [1.807, 2.05) is 52.0 Å². The first kappa shape index (κ1) is 20.6. The molecule has 3 aromatic rings. The number of thiophene rings is 1. The predicted molar refractivity (Wildman–Crippen MR) is 119 cm³/mol. The minimum Gasteiger partial charge on any atom is -0.325 e. The van der Waals surface area contributed by atoms with Gasteiger partial charge < -0.3 is 5.32 Å². The first-order chi connectivity index (χ1) is 13.3. The van der Waals surface area contributed by atoms with Crippen LogP contribution in [-0.2, 0) is 17.8 Å². The van der Waals surface area contributed by atoms with E-state index in [9.17, 15) is 9.59 Å². The highest BCUT2D eigenvalue weighted by Crippen LogP contribution is 2.30. The molecule has 148 valence electrons. The molecule has 0 aliphatic rings. The molecule has 0 bridgehead atoms. The van der Waals surface area contributed by atoms with Gasteiger partial charge in [-0.05, 0) is 57.4 Å². The highest BCUT2D eigenvalue weighted by Gasteiger charge is 2.21. The molecule has 1 aromatic carbocycles. The van der Waals surface area contributed by atoms with Gasteiger partial charge in [0, 0.05) is 17.1 Å². The number of hydrogen-bond acceptors (Lipinski definition) is 5. The Kier molecular flexibility index (Phi) is 6.25. The molecular formula is C21H25N3O2S2. The summed E-state index contributed by atoms with van der Waals surface area (Å²) in [6, 6.07) is 7.85. The molecule has 7 heteroatoms. The van der Waals surface area contributed by atoms with E-state index in [2.05, 4.69) is 12.2 Å². The summed E-state index contributed by atoms with van der Waals surface area (Å²) < 4.78 is 1.66. The lowest BCUT2D eigenvalue weighted by Gasteiger charge is -2.15. The van der Waals surface area contributed by atoms with Crippen molar-refractivity contribution >= 4 is 44.9 Å². The van der Waals surface area contributed by atoms with E-state index < -0.39 is 0 Å². The maximum absolute atomic E-state index is 12.9. The molecule has 1 N–H and O–H groups in total. The van der Waals surface area contributed by atoms with Crippen molar-refractivity contribution < 1.29 is 4.79 Å². The largest absolute Gasteiger partial charge is 0.325 e. The normalized spacial score (nSPS) is 12.3. The zero-order valence-corrected chi connectivity index (χ0v) is 18.5. The molecule has 0 saturated heterocycles. The number of nitrogens with one attached hydrogen (secondary N) is 1. The van der Waals surface area contributed by atoms with Crippen LogP contribution in [0.2, 0.25) is 0 Å². The number of fused-ring (bicyclic) bond motifs is 1. The molecule has 2 aromatic heterocycles. The Hall–Kier alpha value is -2.12. The molecular weight excluding hydrogens is 390 g/mol. The summed E-state index contributed by atoms with van der Waals surface area (Å²) in [5, 5.41) is 3.85. The number of rotatable bonds is 6. The van der Waals surface area contributed by atoms with Crippen molar-refractivity contribution in [1.29, 1.82) is 0 Å². The molecule has 3 rings (SSSR count). The van der Waals surface area contributed by atoms with Gasteiger partial charge in [0.1, 0.15) is 4.83 Å². The summed E-state index contributed by atoms with van der Waals surface area (Å²) >= 11 is 2.85. The Morgan fingerprint density at radius 2 is 1.93 bits per heavy atom. The average Bonchev–Trinajstić information content (AvgIpc) is 2.96. The quantitative estimate of drug-likeness (QED) is 0.465. The van der Waals surface area contributed by atoms with Crippen LogP contribution in [0.1, 0.15) is 36.8 Å². The van der Waals surface area contributed by atoms with Crippen molar-refractivity contribution in [2.75, 3.05) is 5.32 Å². The summed E-state index contributed by atoms with van der Waals surface area (Å²) in [6.07, 6.45) is 0.963. The molecule has 0 saturated carbocycles. The third-order valence-electron chi connectivity index (χ3n) is 4.85. The van der Waals surface area contributed by atoms with E-state index in [1.165, 1.54) is 28.7 Å². The maximum Gasteiger partial charge on any atom is 0.263 e. The zero-order chi connectivity index (χ0) is 20.4. The van der Waals surface area contributed by atoms with Crippen LogP contribution in [-0.4, -0.2) is 20.7 Å². The highest BCUT2D eigenvalue weighted by molar-refractivity contribution is 8.00. The van der Waals surface area contributed by atoms with Crippen molar-refractivity contribution in [2.24, 2.45) is 0 Å². The molecule has 0 unspecified atom stereocenters. The average molecular weight is 416 g/mol. The summed E-state index contributed by atoms with van der Waals surface area (Å²) in [7, 11) is 0. The number of benzene rings is 1. The van der Waals surface area contributed by atoms with Gasteiger partial charge in [-0.15, -0.1) is 11.3 Å². The molecule has 0 spiro atoms. The minimum atomic E-state index is -0.379. The Bertz CT molecular complexity index is 1070. The molecule has 1 amide bonds. The van der Waals surface area contributed by atoms with Gasteiger partial charge in [-0.2, -0.15) is 0 Å². The number of amides is 1. The van der Waals surface area contributed by atoms with E-state index >= 15 is 0 Å². The lowest BCUT2D eigenvalue weighted by atomic mass is 10.1. The van der Waals surface area contributed by atoms with Crippen molar-refractivity contribution in [1.82, 2.24) is 9.55 Å². The van der Waals surface area contributed by atoms with E-state index in [0.717, 1.165) is 27.4 Å². The number of thioether (sulfide) groups is 1. The molecule has 0 radical (unpaired) electrons. The Morgan fingerprint density at radius 1 is 1.25 bits per heavy atom. The smallest absolute Gasteiger partial charge is 0.263 e. The number of aryl methyl sites for hydroxylation is 3. The molecule has 2 heterocycles. The zero-order valence-electron chi connectivity index (χ0n) is 16.8. The van der Waals surface area contributed by atoms with Crippen LogP contribution in [0.5, 0.6) is 0 Å². The first-order valence-corrected chi connectivity index (χ1v) is 11.1. The van der Waals surface area contributed by atoms with Gasteiger partial charge in [-0.3, -0.25) is 14.2 Å². The van der Waals surface area contributed by atoms with Gasteiger partial charge >= 0.3 is 0 Å². The summed E-state index contributed by atoms with van der Waals surface area (Å²) in [4.78, 5) is 32.1. The fourth-order valence-corrected chi connectivity index (χ4v) is 5.00. The van der Waals surface area contributed by atoms with Crippen LogP contribution in [0.25, 0.3) is 10.2 Å². The molecule has 0 aliphatic heterocycles. The maximum atomic E-state index is 12.9. The third kappa shape index (κ3) is 4.00. The van der Waals surface area contributed by atoms with Crippen molar-refractivity contribution in [3.63, 3.8) is 0 Å². The van der Waals surface area contributed by atoms with Gasteiger partial charge in [0.15, 0.2) is 5.16 Å². The fourth-order valence-electron chi connectivity index (χ4n) is 2.96. The number of aromatic nitrogens is 2. The predicted octanol–water partition coefficient (Wildman–Crippen LogP) is 4.78. The third-order valence-corrected chi connectivity index (χ3v) is 7.04. The first-order valence-electron chi connectivity index (χ1n) is 9.42. The monoisotopic (exact) mass is 415 g/mol. The van der Waals surface area contributed by atoms with Gasteiger partial charge in [0.2, 0.25) is 5.91 Å². The molecule has 0 aliphatic carbocycles. The van der Waals surface area contributed by atoms with Gasteiger partial charge in [0.25, 0.3) is 5.56 Å². The standard InChI is InChI=1S/C21H25N3O2S2/c1-6-15-8-10-16(11-9-15)22-18(25)14(5)28-21-23-19-17(12(3)13(4)27-19)20(26)24(21)7-2/h8-11,14H,6-7H2,1-5H3,(H,22,25)/t14-/m1/s1. The number of anilines is 1. The molecule has 5 nitrogen and oxygen atoms in total. The van der Waals surface area contributed by atoms with Crippen molar-refractivity contribution in [3.8, 4) is 0 Å². The second-order valence-electron chi connectivity index (χ2n) is 6.71. The number of hydrogen-bond donors (Lipinski definition) is 1. The lowest BCUT2D eigenvalue weighted by molar-refractivity contribution is -0.115. The minimum absolute atomic E-state index is 0.0281. The van der Waals surface area contributed by atoms with Gasteiger partial charge in [-0.25, -0.2) is 4.98 Å². The summed E-state index contributed by atoms with van der Waals surface area (Å²) in [6.45, 7) is 10.3. The molecule has 1 atom stereocenters. The summed E-state index contributed by atoms with van der Waals surface area (Å²) in [5.74, 6) is -0.107. The molecule has 0 fully saturated rings. The van der Waals surface area contributed by atoms with Crippen LogP contribution in [0, 0.1) is 13.8 Å². The van der Waals surface area contributed by atoms with Crippen molar-refractivity contribution in [2.45, 2.75) is 58.0 Å². The lowest BCUT2D eigenvalue weighted by Crippen LogP contribution is -2.26. The second-order valence-corrected chi connectivity index (χ2v) is 9.22. The van der Waals surface area contributed by atoms with Crippen molar-refractivity contribution in [3.05, 3.63) is 50.6 Å².